The summed E-state index contributed by atoms with van der Waals surface area (Å²) in [6.07, 6.45) is 0. The number of hydrogen-bond donors (Lipinski definition) is 2. The summed E-state index contributed by atoms with van der Waals surface area (Å²) in [5.41, 5.74) is 1.82. The second-order valence-corrected chi connectivity index (χ2v) is 5.35. The van der Waals surface area contributed by atoms with Gasteiger partial charge in [-0.1, -0.05) is 6.07 Å². The summed E-state index contributed by atoms with van der Waals surface area (Å²) in [7, 11) is 3.11. The van der Waals surface area contributed by atoms with Gasteiger partial charge in [0, 0.05) is 41.2 Å². The molecule has 2 aromatic rings. The summed E-state index contributed by atoms with van der Waals surface area (Å²) in [6.45, 7) is 1.68. The molecule has 2 aromatic carbocycles. The lowest BCUT2D eigenvalue weighted by atomic mass is 10.2. The standard InChI is InChI=1S/C16H17N3O4S/c1-10-4-5-11(8-15(10)19(20)21)17-16(24)18-12-6-13(22-2)9-14(7-12)23-3/h4-9H,1-3H3,(H2,17,18,24). The van der Waals surface area contributed by atoms with E-state index >= 15 is 0 Å². The molecule has 0 bridgehead atoms. The van der Waals surface area contributed by atoms with E-state index in [2.05, 4.69) is 10.6 Å². The molecule has 0 heterocycles. The number of nitrogens with zero attached hydrogens (tertiary/aromatic N) is 1. The average molecular weight is 347 g/mol. The van der Waals surface area contributed by atoms with Crippen molar-refractivity contribution in [1.82, 2.24) is 0 Å². The van der Waals surface area contributed by atoms with Crippen LogP contribution in [-0.4, -0.2) is 24.3 Å². The van der Waals surface area contributed by atoms with Crippen LogP contribution in [0.2, 0.25) is 0 Å². The fraction of sp³-hybridized carbons (Fsp3) is 0.188. The lowest BCUT2D eigenvalue weighted by Crippen LogP contribution is -2.19. The van der Waals surface area contributed by atoms with Crippen LogP contribution in [0.25, 0.3) is 0 Å². The molecule has 7 nitrogen and oxygen atoms in total. The van der Waals surface area contributed by atoms with E-state index in [0.29, 0.717) is 33.5 Å². The van der Waals surface area contributed by atoms with E-state index in [0.717, 1.165) is 0 Å². The highest BCUT2D eigenvalue weighted by molar-refractivity contribution is 7.80. The van der Waals surface area contributed by atoms with Crippen molar-refractivity contribution in [3.05, 3.63) is 52.1 Å². The molecule has 0 aliphatic carbocycles. The number of methoxy groups -OCH3 is 2. The van der Waals surface area contributed by atoms with Crippen LogP contribution in [0, 0.1) is 17.0 Å². The molecule has 0 fully saturated rings. The zero-order valence-corrected chi connectivity index (χ0v) is 14.3. The number of nitro benzene ring substituents is 1. The molecule has 0 saturated carbocycles. The molecule has 0 amide bonds. The number of rotatable bonds is 5. The topological polar surface area (TPSA) is 85.7 Å². The van der Waals surface area contributed by atoms with Gasteiger partial charge in [0.25, 0.3) is 5.69 Å². The van der Waals surface area contributed by atoms with Crippen LogP contribution >= 0.6 is 12.2 Å². The van der Waals surface area contributed by atoms with Crippen molar-refractivity contribution in [2.75, 3.05) is 24.9 Å². The third-order valence-electron chi connectivity index (χ3n) is 3.27. The zero-order valence-electron chi connectivity index (χ0n) is 13.5. The van der Waals surface area contributed by atoms with Gasteiger partial charge >= 0.3 is 0 Å². The Morgan fingerprint density at radius 2 is 1.62 bits per heavy atom. The minimum atomic E-state index is -0.427. The molecule has 0 spiro atoms. The highest BCUT2D eigenvalue weighted by Gasteiger charge is 2.12. The van der Waals surface area contributed by atoms with Crippen LogP contribution in [-0.2, 0) is 0 Å². The van der Waals surface area contributed by atoms with Gasteiger partial charge in [0.2, 0.25) is 0 Å². The summed E-state index contributed by atoms with van der Waals surface area (Å²) >= 11 is 5.25. The van der Waals surface area contributed by atoms with Gasteiger partial charge in [0.05, 0.1) is 19.1 Å². The summed E-state index contributed by atoms with van der Waals surface area (Å²) < 4.78 is 10.4. The number of nitro groups is 1. The normalized spacial score (nSPS) is 9.96. The maximum Gasteiger partial charge on any atom is 0.274 e. The Morgan fingerprint density at radius 1 is 1.04 bits per heavy atom. The highest BCUT2D eigenvalue weighted by Crippen LogP contribution is 2.26. The van der Waals surface area contributed by atoms with E-state index in [1.807, 2.05) is 0 Å². The van der Waals surface area contributed by atoms with E-state index in [-0.39, 0.29) is 5.69 Å². The first-order valence-corrected chi connectivity index (χ1v) is 7.40. The minimum Gasteiger partial charge on any atom is -0.497 e. The molecule has 24 heavy (non-hydrogen) atoms. The Labute approximate surface area is 144 Å². The lowest BCUT2D eigenvalue weighted by molar-refractivity contribution is -0.385. The van der Waals surface area contributed by atoms with E-state index in [1.54, 1.807) is 51.5 Å². The van der Waals surface area contributed by atoms with Crippen molar-refractivity contribution in [2.45, 2.75) is 6.92 Å². The molecular formula is C16H17N3O4S. The van der Waals surface area contributed by atoms with E-state index < -0.39 is 4.92 Å². The SMILES string of the molecule is COc1cc(NC(=S)Nc2ccc(C)c([N+](=O)[O-])c2)cc(OC)c1. The molecular weight excluding hydrogens is 330 g/mol. The fourth-order valence-electron chi connectivity index (χ4n) is 2.06. The number of benzene rings is 2. The quantitative estimate of drug-likeness (QED) is 0.484. The summed E-state index contributed by atoms with van der Waals surface area (Å²) in [5, 5.41) is 17.2. The molecule has 8 heteroatoms. The van der Waals surface area contributed by atoms with Crippen molar-refractivity contribution in [1.29, 1.82) is 0 Å². The second-order valence-electron chi connectivity index (χ2n) is 4.94. The monoisotopic (exact) mass is 347 g/mol. The number of aryl methyl sites for hydroxylation is 1. The van der Waals surface area contributed by atoms with Crippen LogP contribution in [0.5, 0.6) is 11.5 Å². The first kappa shape index (κ1) is 17.5. The summed E-state index contributed by atoms with van der Waals surface area (Å²) in [4.78, 5) is 10.6. The van der Waals surface area contributed by atoms with Gasteiger partial charge in [-0.25, -0.2) is 0 Å². The fourth-order valence-corrected chi connectivity index (χ4v) is 2.29. The summed E-state index contributed by atoms with van der Waals surface area (Å²) in [5.74, 6) is 1.23. The van der Waals surface area contributed by atoms with Crippen LogP contribution < -0.4 is 20.1 Å². The molecule has 2 N–H and O–H groups in total. The Balaban J connectivity index is 2.14. The van der Waals surface area contributed by atoms with Crippen molar-refractivity contribution < 1.29 is 14.4 Å². The number of thiocarbonyl (C=S) groups is 1. The number of ether oxygens (including phenoxy) is 2. The molecule has 0 radical (unpaired) electrons. The lowest BCUT2D eigenvalue weighted by Gasteiger charge is -2.13. The summed E-state index contributed by atoms with van der Waals surface area (Å²) in [6, 6.07) is 10.1. The predicted molar refractivity (Wildman–Crippen MR) is 97.2 cm³/mol. The van der Waals surface area contributed by atoms with Gasteiger partial charge in [-0.3, -0.25) is 10.1 Å². The molecule has 0 unspecified atom stereocenters. The minimum absolute atomic E-state index is 0.0332. The predicted octanol–water partition coefficient (Wildman–Crippen LogP) is 3.73. The van der Waals surface area contributed by atoms with Gasteiger partial charge in [0.15, 0.2) is 5.11 Å². The molecule has 126 valence electrons. The number of nitrogens with one attached hydrogen (secondary N) is 2. The Bertz CT molecular complexity index is 758. The number of anilines is 2. The largest absolute Gasteiger partial charge is 0.497 e. The van der Waals surface area contributed by atoms with Crippen LogP contribution in [0.4, 0.5) is 17.1 Å². The van der Waals surface area contributed by atoms with E-state index in [9.17, 15) is 10.1 Å². The van der Waals surface area contributed by atoms with Crippen molar-refractivity contribution in [3.8, 4) is 11.5 Å². The van der Waals surface area contributed by atoms with Crippen LogP contribution in [0.1, 0.15) is 5.56 Å². The van der Waals surface area contributed by atoms with Gasteiger partial charge in [-0.05, 0) is 25.2 Å². The second kappa shape index (κ2) is 7.60. The first-order chi connectivity index (χ1) is 11.4. The van der Waals surface area contributed by atoms with Gasteiger partial charge in [0.1, 0.15) is 11.5 Å². The smallest absolute Gasteiger partial charge is 0.274 e. The Morgan fingerprint density at radius 3 is 2.17 bits per heavy atom. The van der Waals surface area contributed by atoms with Gasteiger partial charge in [-0.2, -0.15) is 0 Å². The van der Waals surface area contributed by atoms with Crippen LogP contribution in [0.15, 0.2) is 36.4 Å². The van der Waals surface area contributed by atoms with Gasteiger partial charge < -0.3 is 20.1 Å². The average Bonchev–Trinajstić information content (AvgIpc) is 2.55. The maximum absolute atomic E-state index is 11.0. The van der Waals surface area contributed by atoms with E-state index in [4.69, 9.17) is 21.7 Å². The maximum atomic E-state index is 11.0. The zero-order chi connectivity index (χ0) is 17.7. The molecule has 0 aliphatic rings. The highest BCUT2D eigenvalue weighted by atomic mass is 32.1. The molecule has 2 rings (SSSR count). The Kier molecular flexibility index (Phi) is 5.54. The third-order valence-corrected chi connectivity index (χ3v) is 3.48. The first-order valence-electron chi connectivity index (χ1n) is 6.99. The van der Waals surface area contributed by atoms with Crippen molar-refractivity contribution >= 4 is 34.4 Å². The van der Waals surface area contributed by atoms with Crippen LogP contribution in [0.3, 0.4) is 0 Å². The Hall–Kier alpha value is -2.87. The molecule has 0 aliphatic heterocycles. The number of hydrogen-bond acceptors (Lipinski definition) is 5. The molecule has 0 aromatic heterocycles. The third kappa shape index (κ3) is 4.32. The van der Waals surface area contributed by atoms with E-state index in [1.165, 1.54) is 6.07 Å². The van der Waals surface area contributed by atoms with Gasteiger partial charge in [-0.15, -0.1) is 0 Å². The van der Waals surface area contributed by atoms with Crippen molar-refractivity contribution in [2.24, 2.45) is 0 Å². The molecule has 0 saturated heterocycles. The molecule has 0 atom stereocenters. The van der Waals surface area contributed by atoms with Crippen molar-refractivity contribution in [3.63, 3.8) is 0 Å².